The van der Waals surface area contributed by atoms with E-state index >= 15 is 0 Å². The number of nitrogens with one attached hydrogen (secondary N) is 2. The molecule has 13 heavy (non-hydrogen) atoms. The van der Waals surface area contributed by atoms with Crippen LogP contribution in [0.2, 0.25) is 0 Å². The smallest absolute Gasteiger partial charge is 0.404 e. The first-order valence-corrected chi connectivity index (χ1v) is 4.00. The minimum absolute atomic E-state index is 0.0247. The molecule has 0 aliphatic carbocycles. The van der Waals surface area contributed by atoms with Crippen LogP contribution in [-0.2, 0) is 9.53 Å². The number of nitrogens with two attached hydrogens (primary N) is 1. The molecule has 0 heterocycles. The van der Waals surface area contributed by atoms with Gasteiger partial charge in [0.25, 0.3) is 0 Å². The van der Waals surface area contributed by atoms with Crippen molar-refractivity contribution in [2.45, 2.75) is 6.42 Å². The fourth-order valence-electron chi connectivity index (χ4n) is 0.676. The maximum atomic E-state index is 10.7. The van der Waals surface area contributed by atoms with Crippen molar-refractivity contribution in [1.82, 2.24) is 10.6 Å². The highest BCUT2D eigenvalue weighted by Gasteiger charge is 1.96. The van der Waals surface area contributed by atoms with E-state index in [-0.39, 0.29) is 12.5 Å². The molecule has 0 saturated heterocycles. The Kier molecular flexibility index (Phi) is 6.62. The molecular formula is C7H15N3O3. The standard InChI is InChI=1S/C7H15N3O3/c1-9-6(11)2-3-10-4-5-13-7(8)12/h10H,2-5H2,1H3,(H2,8,12)(H,9,11). The quantitative estimate of drug-likeness (QED) is 0.458. The first kappa shape index (κ1) is 11.7. The Morgan fingerprint density at radius 2 is 2.08 bits per heavy atom. The average molecular weight is 189 g/mol. The van der Waals surface area contributed by atoms with E-state index in [2.05, 4.69) is 15.4 Å². The number of rotatable bonds is 6. The molecule has 0 rings (SSSR count). The summed E-state index contributed by atoms with van der Waals surface area (Å²) in [7, 11) is 1.58. The molecule has 6 heteroatoms. The Hall–Kier alpha value is -1.30. The van der Waals surface area contributed by atoms with Crippen molar-refractivity contribution in [3.8, 4) is 0 Å². The Balaban J connectivity index is 3.08. The van der Waals surface area contributed by atoms with Gasteiger partial charge in [-0.05, 0) is 0 Å². The summed E-state index contributed by atoms with van der Waals surface area (Å²) in [6, 6.07) is 0. The van der Waals surface area contributed by atoms with E-state index in [1.165, 1.54) is 0 Å². The number of primary amides is 1. The van der Waals surface area contributed by atoms with Crippen LogP contribution in [0, 0.1) is 0 Å². The predicted octanol–water partition coefficient (Wildman–Crippen LogP) is -1.19. The Morgan fingerprint density at radius 1 is 1.38 bits per heavy atom. The summed E-state index contributed by atoms with van der Waals surface area (Å²) in [5.74, 6) is -0.0247. The van der Waals surface area contributed by atoms with Crippen molar-refractivity contribution in [2.75, 3.05) is 26.7 Å². The zero-order chi connectivity index (χ0) is 10.1. The van der Waals surface area contributed by atoms with Crippen molar-refractivity contribution < 1.29 is 14.3 Å². The van der Waals surface area contributed by atoms with Gasteiger partial charge < -0.3 is 21.1 Å². The van der Waals surface area contributed by atoms with E-state index in [0.717, 1.165) is 0 Å². The number of carbonyl (C=O) groups is 2. The van der Waals surface area contributed by atoms with Crippen molar-refractivity contribution in [2.24, 2.45) is 5.73 Å². The van der Waals surface area contributed by atoms with Crippen molar-refractivity contribution in [3.63, 3.8) is 0 Å². The number of carbonyl (C=O) groups excluding carboxylic acids is 2. The van der Waals surface area contributed by atoms with Gasteiger partial charge in [-0.15, -0.1) is 0 Å². The average Bonchev–Trinajstić information content (AvgIpc) is 2.10. The lowest BCUT2D eigenvalue weighted by molar-refractivity contribution is -0.120. The normalized spacial score (nSPS) is 9.31. The molecule has 2 amide bonds. The monoisotopic (exact) mass is 189 g/mol. The second-order valence-electron chi connectivity index (χ2n) is 2.34. The lowest BCUT2D eigenvalue weighted by atomic mass is 10.4. The van der Waals surface area contributed by atoms with Crippen molar-refractivity contribution in [1.29, 1.82) is 0 Å². The highest BCUT2D eigenvalue weighted by atomic mass is 16.5. The molecule has 6 nitrogen and oxygen atoms in total. The molecule has 0 fully saturated rings. The molecule has 0 atom stereocenters. The highest BCUT2D eigenvalue weighted by molar-refractivity contribution is 5.75. The van der Waals surface area contributed by atoms with Crippen molar-refractivity contribution in [3.05, 3.63) is 0 Å². The zero-order valence-corrected chi connectivity index (χ0v) is 7.63. The van der Waals surface area contributed by atoms with Gasteiger partial charge in [-0.1, -0.05) is 0 Å². The number of ether oxygens (including phenoxy) is 1. The molecule has 0 aromatic carbocycles. The lowest BCUT2D eigenvalue weighted by Crippen LogP contribution is -2.28. The predicted molar refractivity (Wildman–Crippen MR) is 47.1 cm³/mol. The third-order valence-corrected chi connectivity index (χ3v) is 1.33. The molecule has 0 bridgehead atoms. The number of hydrogen-bond acceptors (Lipinski definition) is 4. The SMILES string of the molecule is CNC(=O)CCNCCOC(N)=O. The summed E-state index contributed by atoms with van der Waals surface area (Å²) in [6.07, 6.45) is -0.374. The summed E-state index contributed by atoms with van der Waals surface area (Å²) in [5, 5.41) is 5.40. The first-order chi connectivity index (χ1) is 6.16. The topological polar surface area (TPSA) is 93.4 Å². The van der Waals surface area contributed by atoms with Gasteiger partial charge in [0.15, 0.2) is 0 Å². The Bertz CT molecular complexity index is 172. The van der Waals surface area contributed by atoms with Crippen LogP contribution in [0.5, 0.6) is 0 Å². The van der Waals surface area contributed by atoms with Crippen LogP contribution < -0.4 is 16.4 Å². The summed E-state index contributed by atoms with van der Waals surface area (Å²) < 4.78 is 4.45. The summed E-state index contributed by atoms with van der Waals surface area (Å²) in [5.41, 5.74) is 4.72. The van der Waals surface area contributed by atoms with Crippen LogP contribution in [0.3, 0.4) is 0 Å². The largest absolute Gasteiger partial charge is 0.448 e. The zero-order valence-electron chi connectivity index (χ0n) is 7.63. The molecule has 0 radical (unpaired) electrons. The minimum Gasteiger partial charge on any atom is -0.448 e. The molecule has 0 aliphatic rings. The van der Waals surface area contributed by atoms with Gasteiger partial charge in [0, 0.05) is 26.6 Å². The van der Waals surface area contributed by atoms with E-state index < -0.39 is 6.09 Å². The van der Waals surface area contributed by atoms with Gasteiger partial charge in [-0.25, -0.2) is 4.79 Å². The summed E-state index contributed by atoms with van der Waals surface area (Å²) in [4.78, 5) is 20.8. The third kappa shape index (κ3) is 8.61. The van der Waals surface area contributed by atoms with Gasteiger partial charge in [0.05, 0.1) is 0 Å². The second-order valence-corrected chi connectivity index (χ2v) is 2.34. The molecule has 4 N–H and O–H groups in total. The molecule has 0 unspecified atom stereocenters. The number of hydrogen-bond donors (Lipinski definition) is 3. The van der Waals surface area contributed by atoms with E-state index in [9.17, 15) is 9.59 Å². The fourth-order valence-corrected chi connectivity index (χ4v) is 0.676. The minimum atomic E-state index is -0.784. The van der Waals surface area contributed by atoms with Gasteiger partial charge in [0.2, 0.25) is 5.91 Å². The molecule has 0 aromatic heterocycles. The van der Waals surface area contributed by atoms with Crippen LogP contribution in [-0.4, -0.2) is 38.7 Å². The van der Waals surface area contributed by atoms with Crippen LogP contribution in [0.4, 0.5) is 4.79 Å². The van der Waals surface area contributed by atoms with Gasteiger partial charge >= 0.3 is 6.09 Å². The maximum absolute atomic E-state index is 10.7. The molecule has 0 saturated carbocycles. The molecular weight excluding hydrogens is 174 g/mol. The van der Waals surface area contributed by atoms with Crippen LogP contribution in [0.1, 0.15) is 6.42 Å². The molecule has 0 aromatic rings. The van der Waals surface area contributed by atoms with E-state index in [1.54, 1.807) is 7.05 Å². The molecule has 76 valence electrons. The number of amides is 2. The van der Waals surface area contributed by atoms with Crippen LogP contribution >= 0.6 is 0 Å². The Morgan fingerprint density at radius 3 is 2.62 bits per heavy atom. The molecule has 0 aliphatic heterocycles. The first-order valence-electron chi connectivity index (χ1n) is 4.00. The van der Waals surface area contributed by atoms with E-state index in [1.807, 2.05) is 0 Å². The fraction of sp³-hybridized carbons (Fsp3) is 0.714. The van der Waals surface area contributed by atoms with Gasteiger partial charge in [-0.3, -0.25) is 4.79 Å². The van der Waals surface area contributed by atoms with E-state index in [4.69, 9.17) is 5.73 Å². The second kappa shape index (κ2) is 7.35. The van der Waals surface area contributed by atoms with E-state index in [0.29, 0.717) is 19.5 Å². The molecule has 0 spiro atoms. The Labute approximate surface area is 76.8 Å². The lowest BCUT2D eigenvalue weighted by Gasteiger charge is -2.03. The third-order valence-electron chi connectivity index (χ3n) is 1.33. The van der Waals surface area contributed by atoms with Gasteiger partial charge in [0.1, 0.15) is 6.61 Å². The summed E-state index contributed by atoms with van der Waals surface area (Å²) >= 11 is 0. The van der Waals surface area contributed by atoms with Gasteiger partial charge in [-0.2, -0.15) is 0 Å². The van der Waals surface area contributed by atoms with Crippen LogP contribution in [0.15, 0.2) is 0 Å². The highest BCUT2D eigenvalue weighted by Crippen LogP contribution is 1.76. The maximum Gasteiger partial charge on any atom is 0.404 e. The van der Waals surface area contributed by atoms with Crippen LogP contribution in [0.25, 0.3) is 0 Å². The summed E-state index contributed by atoms with van der Waals surface area (Å²) in [6.45, 7) is 1.28. The van der Waals surface area contributed by atoms with Crippen molar-refractivity contribution >= 4 is 12.0 Å².